The molecule has 1 N–H and O–H groups in total. The number of aromatic amines is 1. The molecule has 0 atom stereocenters. The standard InChI is InChI=1S/C14H17NO2/c1-4-11-14(13(16)5-2)10-8-9(17-3)6-7-12(10)15-11/h6-8,15H,4-5H2,1-3H3. The third kappa shape index (κ3) is 1.93. The first-order valence-electron chi connectivity index (χ1n) is 5.93. The number of Topliss-reactive ketones (excluding diaryl/α,β-unsaturated/α-hetero) is 1. The lowest BCUT2D eigenvalue weighted by atomic mass is 10.0. The van der Waals surface area contributed by atoms with Crippen LogP contribution in [0.25, 0.3) is 10.9 Å². The molecule has 3 nitrogen and oxygen atoms in total. The molecule has 2 aromatic rings. The number of carbonyl (C=O) groups is 1. The van der Waals surface area contributed by atoms with Gasteiger partial charge in [0.25, 0.3) is 0 Å². The third-order valence-electron chi connectivity index (χ3n) is 3.04. The predicted molar refractivity (Wildman–Crippen MR) is 68.9 cm³/mol. The van der Waals surface area contributed by atoms with Gasteiger partial charge in [0.05, 0.1) is 7.11 Å². The molecule has 1 aromatic heterocycles. The van der Waals surface area contributed by atoms with Crippen molar-refractivity contribution in [1.82, 2.24) is 4.98 Å². The third-order valence-corrected chi connectivity index (χ3v) is 3.04. The number of ketones is 1. The minimum absolute atomic E-state index is 0.182. The Balaban J connectivity index is 2.71. The molecule has 0 bridgehead atoms. The summed E-state index contributed by atoms with van der Waals surface area (Å²) in [6, 6.07) is 5.78. The average molecular weight is 231 g/mol. The molecule has 0 aliphatic rings. The Kier molecular flexibility index (Phi) is 3.18. The van der Waals surface area contributed by atoms with Crippen LogP contribution in [-0.2, 0) is 6.42 Å². The maximum Gasteiger partial charge on any atom is 0.165 e. The summed E-state index contributed by atoms with van der Waals surface area (Å²) >= 11 is 0. The van der Waals surface area contributed by atoms with Gasteiger partial charge in [-0.3, -0.25) is 4.79 Å². The summed E-state index contributed by atoms with van der Waals surface area (Å²) in [6.07, 6.45) is 1.36. The Bertz CT molecular complexity index is 555. The number of methoxy groups -OCH3 is 1. The quantitative estimate of drug-likeness (QED) is 0.820. The summed E-state index contributed by atoms with van der Waals surface area (Å²) in [6.45, 7) is 3.94. The largest absolute Gasteiger partial charge is 0.497 e. The Labute approximate surface area is 101 Å². The highest BCUT2D eigenvalue weighted by atomic mass is 16.5. The van der Waals surface area contributed by atoms with Gasteiger partial charge in [-0.2, -0.15) is 0 Å². The zero-order valence-electron chi connectivity index (χ0n) is 10.5. The molecule has 0 amide bonds. The molecule has 1 heterocycles. The van der Waals surface area contributed by atoms with E-state index in [0.717, 1.165) is 34.3 Å². The SMILES string of the molecule is CCC(=O)c1c(CC)[nH]c2ccc(OC)cc12. The van der Waals surface area contributed by atoms with E-state index in [0.29, 0.717) is 6.42 Å². The zero-order valence-corrected chi connectivity index (χ0v) is 10.5. The Morgan fingerprint density at radius 1 is 1.35 bits per heavy atom. The monoisotopic (exact) mass is 231 g/mol. The number of benzene rings is 1. The molecule has 90 valence electrons. The Hall–Kier alpha value is -1.77. The number of H-pyrrole nitrogens is 1. The summed E-state index contributed by atoms with van der Waals surface area (Å²) < 4.78 is 5.21. The molecule has 2 rings (SSSR count). The molecule has 0 saturated heterocycles. The number of aromatic nitrogens is 1. The van der Waals surface area contributed by atoms with Gasteiger partial charge in [-0.25, -0.2) is 0 Å². The van der Waals surface area contributed by atoms with E-state index in [1.807, 2.05) is 32.0 Å². The number of aryl methyl sites for hydroxylation is 1. The van der Waals surface area contributed by atoms with Gasteiger partial charge in [0.1, 0.15) is 5.75 Å². The first-order chi connectivity index (χ1) is 8.21. The summed E-state index contributed by atoms with van der Waals surface area (Å²) in [4.78, 5) is 15.3. The lowest BCUT2D eigenvalue weighted by Crippen LogP contribution is -1.99. The molecule has 0 aliphatic carbocycles. The van der Waals surface area contributed by atoms with Crippen LogP contribution in [0.3, 0.4) is 0 Å². The maximum atomic E-state index is 12.0. The maximum absolute atomic E-state index is 12.0. The van der Waals surface area contributed by atoms with Crippen molar-refractivity contribution in [1.29, 1.82) is 0 Å². The highest BCUT2D eigenvalue weighted by Crippen LogP contribution is 2.27. The summed E-state index contributed by atoms with van der Waals surface area (Å²) in [5.41, 5.74) is 2.84. The van der Waals surface area contributed by atoms with Crippen LogP contribution in [0.1, 0.15) is 36.3 Å². The van der Waals surface area contributed by atoms with Crippen LogP contribution in [0, 0.1) is 0 Å². The van der Waals surface area contributed by atoms with Crippen molar-refractivity contribution in [3.05, 3.63) is 29.5 Å². The minimum Gasteiger partial charge on any atom is -0.497 e. The summed E-state index contributed by atoms with van der Waals surface area (Å²) in [7, 11) is 1.63. The molecule has 0 unspecified atom stereocenters. The van der Waals surface area contributed by atoms with Crippen LogP contribution in [0.5, 0.6) is 5.75 Å². The van der Waals surface area contributed by atoms with Crippen molar-refractivity contribution >= 4 is 16.7 Å². The lowest BCUT2D eigenvalue weighted by molar-refractivity contribution is 0.0989. The topological polar surface area (TPSA) is 42.1 Å². The van der Waals surface area contributed by atoms with Gasteiger partial charge in [0.2, 0.25) is 0 Å². The first kappa shape index (κ1) is 11.7. The van der Waals surface area contributed by atoms with Crippen molar-refractivity contribution in [3.63, 3.8) is 0 Å². The second-order valence-corrected chi connectivity index (χ2v) is 4.02. The van der Waals surface area contributed by atoms with Gasteiger partial charge in [0.15, 0.2) is 5.78 Å². The smallest absolute Gasteiger partial charge is 0.165 e. The van der Waals surface area contributed by atoms with E-state index in [2.05, 4.69) is 4.98 Å². The van der Waals surface area contributed by atoms with E-state index in [4.69, 9.17) is 4.74 Å². The van der Waals surface area contributed by atoms with E-state index in [1.54, 1.807) is 7.11 Å². The molecule has 3 heteroatoms. The fraction of sp³-hybridized carbons (Fsp3) is 0.357. The summed E-state index contributed by atoms with van der Waals surface area (Å²) in [5.74, 6) is 0.964. The number of hydrogen-bond acceptors (Lipinski definition) is 2. The van der Waals surface area contributed by atoms with E-state index >= 15 is 0 Å². The highest BCUT2D eigenvalue weighted by Gasteiger charge is 2.16. The molecule has 0 spiro atoms. The molecule has 1 aromatic carbocycles. The zero-order chi connectivity index (χ0) is 12.4. The highest BCUT2D eigenvalue weighted by molar-refractivity contribution is 6.09. The predicted octanol–water partition coefficient (Wildman–Crippen LogP) is 3.33. The van der Waals surface area contributed by atoms with E-state index in [9.17, 15) is 4.79 Å². The second kappa shape index (κ2) is 4.62. The second-order valence-electron chi connectivity index (χ2n) is 4.02. The average Bonchev–Trinajstić information content (AvgIpc) is 2.74. The van der Waals surface area contributed by atoms with Crippen LogP contribution < -0.4 is 4.74 Å². The number of rotatable bonds is 4. The number of ether oxygens (including phenoxy) is 1. The van der Waals surface area contributed by atoms with Gasteiger partial charge >= 0.3 is 0 Å². The van der Waals surface area contributed by atoms with Gasteiger partial charge < -0.3 is 9.72 Å². The van der Waals surface area contributed by atoms with Crippen molar-refractivity contribution in [2.24, 2.45) is 0 Å². The van der Waals surface area contributed by atoms with Gasteiger partial charge in [0, 0.05) is 28.6 Å². The fourth-order valence-electron chi connectivity index (χ4n) is 2.11. The number of hydrogen-bond donors (Lipinski definition) is 1. The van der Waals surface area contributed by atoms with Gasteiger partial charge in [-0.05, 0) is 24.6 Å². The van der Waals surface area contributed by atoms with Crippen LogP contribution in [0.15, 0.2) is 18.2 Å². The Morgan fingerprint density at radius 3 is 2.71 bits per heavy atom. The summed E-state index contributed by atoms with van der Waals surface area (Å²) in [5, 5.41) is 0.966. The van der Waals surface area contributed by atoms with E-state index < -0.39 is 0 Å². The molecule has 0 aliphatic heterocycles. The lowest BCUT2D eigenvalue weighted by Gasteiger charge is -2.01. The van der Waals surface area contributed by atoms with Crippen molar-refractivity contribution in [2.45, 2.75) is 26.7 Å². The van der Waals surface area contributed by atoms with Crippen molar-refractivity contribution in [2.75, 3.05) is 7.11 Å². The van der Waals surface area contributed by atoms with Crippen molar-refractivity contribution in [3.8, 4) is 5.75 Å². The molecule has 0 saturated carbocycles. The van der Waals surface area contributed by atoms with Gasteiger partial charge in [-0.15, -0.1) is 0 Å². The van der Waals surface area contributed by atoms with Crippen LogP contribution >= 0.6 is 0 Å². The van der Waals surface area contributed by atoms with E-state index in [1.165, 1.54) is 0 Å². The first-order valence-corrected chi connectivity index (χ1v) is 5.93. The molecular weight excluding hydrogens is 214 g/mol. The minimum atomic E-state index is 0.182. The van der Waals surface area contributed by atoms with Crippen LogP contribution in [-0.4, -0.2) is 17.9 Å². The Morgan fingerprint density at radius 2 is 2.12 bits per heavy atom. The fourth-order valence-corrected chi connectivity index (χ4v) is 2.11. The number of fused-ring (bicyclic) bond motifs is 1. The molecule has 0 fully saturated rings. The van der Waals surface area contributed by atoms with Crippen LogP contribution in [0.4, 0.5) is 0 Å². The number of carbonyl (C=O) groups excluding carboxylic acids is 1. The van der Waals surface area contributed by atoms with E-state index in [-0.39, 0.29) is 5.78 Å². The van der Waals surface area contributed by atoms with Gasteiger partial charge in [-0.1, -0.05) is 13.8 Å². The molecular formula is C14H17NO2. The van der Waals surface area contributed by atoms with Crippen molar-refractivity contribution < 1.29 is 9.53 Å². The normalized spacial score (nSPS) is 10.8. The molecule has 17 heavy (non-hydrogen) atoms. The number of nitrogens with one attached hydrogen (secondary N) is 1. The van der Waals surface area contributed by atoms with Crippen LogP contribution in [0.2, 0.25) is 0 Å². The molecule has 0 radical (unpaired) electrons.